The van der Waals surface area contributed by atoms with E-state index >= 15 is 0 Å². The molecule has 0 atom stereocenters. The first-order valence-electron chi connectivity index (χ1n) is 6.81. The van der Waals surface area contributed by atoms with E-state index in [0.717, 1.165) is 28.2 Å². The number of aromatic nitrogens is 4. The van der Waals surface area contributed by atoms with Gasteiger partial charge in [-0.25, -0.2) is 9.37 Å². The van der Waals surface area contributed by atoms with Crippen LogP contribution in [0, 0.1) is 5.82 Å². The van der Waals surface area contributed by atoms with Crippen LogP contribution in [0.2, 0.25) is 0 Å². The average molecular weight is 290 g/mol. The number of halogens is 1. The van der Waals surface area contributed by atoms with Gasteiger partial charge in [-0.2, -0.15) is 0 Å². The van der Waals surface area contributed by atoms with Gasteiger partial charge in [0.2, 0.25) is 0 Å². The van der Waals surface area contributed by atoms with E-state index in [1.807, 2.05) is 22.7 Å². The van der Waals surface area contributed by atoms with Gasteiger partial charge in [-0.3, -0.25) is 14.4 Å². The minimum Gasteiger partial charge on any atom is -0.296 e. The van der Waals surface area contributed by atoms with E-state index in [0.29, 0.717) is 0 Å². The molecule has 3 heterocycles. The largest absolute Gasteiger partial charge is 0.296 e. The van der Waals surface area contributed by atoms with Crippen LogP contribution in [-0.2, 0) is 0 Å². The van der Waals surface area contributed by atoms with Gasteiger partial charge in [-0.05, 0) is 36.4 Å². The van der Waals surface area contributed by atoms with Gasteiger partial charge in [0.25, 0.3) is 0 Å². The maximum atomic E-state index is 13.2. The molecule has 4 nitrogen and oxygen atoms in total. The molecule has 0 saturated carbocycles. The molecule has 3 aromatic heterocycles. The number of hydrogen-bond donors (Lipinski definition) is 0. The number of imidazole rings is 1. The molecule has 4 rings (SSSR count). The summed E-state index contributed by atoms with van der Waals surface area (Å²) in [6, 6.07) is 10.2. The van der Waals surface area contributed by atoms with Crippen molar-refractivity contribution >= 4 is 5.65 Å². The first-order chi connectivity index (χ1) is 10.8. The summed E-state index contributed by atoms with van der Waals surface area (Å²) in [5, 5.41) is 0. The Morgan fingerprint density at radius 1 is 0.818 bits per heavy atom. The quantitative estimate of drug-likeness (QED) is 0.566. The van der Waals surface area contributed by atoms with E-state index in [4.69, 9.17) is 0 Å². The van der Waals surface area contributed by atoms with Crippen LogP contribution in [0.1, 0.15) is 0 Å². The van der Waals surface area contributed by atoms with Gasteiger partial charge < -0.3 is 0 Å². The maximum absolute atomic E-state index is 13.2. The van der Waals surface area contributed by atoms with E-state index < -0.39 is 0 Å². The van der Waals surface area contributed by atoms with Crippen molar-refractivity contribution in [3.05, 3.63) is 73.2 Å². The standard InChI is InChI=1S/C17H11FN4/c18-14-3-1-12(2-4-14)16-17(13-5-7-19-8-6-13)22-10-9-20-11-15(22)21-16/h1-11H. The van der Waals surface area contributed by atoms with E-state index in [1.165, 1.54) is 12.1 Å². The third-order valence-corrected chi connectivity index (χ3v) is 3.50. The Morgan fingerprint density at radius 2 is 1.59 bits per heavy atom. The van der Waals surface area contributed by atoms with Gasteiger partial charge >= 0.3 is 0 Å². The molecule has 0 unspecified atom stereocenters. The summed E-state index contributed by atoms with van der Waals surface area (Å²) < 4.78 is 15.2. The van der Waals surface area contributed by atoms with Crippen LogP contribution in [0.15, 0.2) is 67.4 Å². The number of rotatable bonds is 2. The summed E-state index contributed by atoms with van der Waals surface area (Å²) in [4.78, 5) is 12.8. The van der Waals surface area contributed by atoms with Gasteiger partial charge in [0.15, 0.2) is 5.65 Å². The molecule has 0 bridgehead atoms. The zero-order valence-corrected chi connectivity index (χ0v) is 11.5. The molecule has 4 aromatic rings. The second-order valence-electron chi connectivity index (χ2n) is 4.86. The second kappa shape index (κ2) is 5.04. The van der Waals surface area contributed by atoms with Gasteiger partial charge in [-0.15, -0.1) is 0 Å². The third-order valence-electron chi connectivity index (χ3n) is 3.50. The molecule has 1 aromatic carbocycles. The van der Waals surface area contributed by atoms with Crippen LogP contribution < -0.4 is 0 Å². The van der Waals surface area contributed by atoms with Crippen LogP contribution in [0.4, 0.5) is 4.39 Å². The van der Waals surface area contributed by atoms with Crippen LogP contribution in [0.25, 0.3) is 28.2 Å². The molecular formula is C17H11FN4. The molecule has 22 heavy (non-hydrogen) atoms. The van der Waals surface area contributed by atoms with Crippen LogP contribution in [-0.4, -0.2) is 19.4 Å². The van der Waals surface area contributed by atoms with Gasteiger partial charge in [0.05, 0.1) is 17.6 Å². The molecule has 0 fully saturated rings. The Kier molecular flexibility index (Phi) is 2.89. The molecule has 5 heteroatoms. The fourth-order valence-corrected chi connectivity index (χ4v) is 2.50. The molecule has 0 radical (unpaired) electrons. The smallest absolute Gasteiger partial charge is 0.156 e. The highest BCUT2D eigenvalue weighted by Gasteiger charge is 2.15. The first-order valence-corrected chi connectivity index (χ1v) is 6.81. The number of benzene rings is 1. The third kappa shape index (κ3) is 2.03. The molecular weight excluding hydrogens is 279 g/mol. The average Bonchev–Trinajstić information content (AvgIpc) is 2.96. The van der Waals surface area contributed by atoms with Gasteiger partial charge in [0.1, 0.15) is 5.82 Å². The fraction of sp³-hybridized carbons (Fsp3) is 0. The fourth-order valence-electron chi connectivity index (χ4n) is 2.50. The van der Waals surface area contributed by atoms with Crippen molar-refractivity contribution in [3.8, 4) is 22.5 Å². The molecule has 106 valence electrons. The number of nitrogens with zero attached hydrogens (tertiary/aromatic N) is 4. The normalized spacial score (nSPS) is 11.0. The van der Waals surface area contributed by atoms with Crippen LogP contribution >= 0.6 is 0 Å². The van der Waals surface area contributed by atoms with E-state index in [1.54, 1.807) is 36.9 Å². The topological polar surface area (TPSA) is 43.1 Å². The van der Waals surface area contributed by atoms with Crippen molar-refractivity contribution in [3.63, 3.8) is 0 Å². The lowest BCUT2D eigenvalue weighted by Gasteiger charge is -2.05. The first kappa shape index (κ1) is 12.6. The molecule has 0 spiro atoms. The Bertz CT molecular complexity index is 930. The van der Waals surface area contributed by atoms with Crippen molar-refractivity contribution in [2.24, 2.45) is 0 Å². The van der Waals surface area contributed by atoms with Crippen molar-refractivity contribution < 1.29 is 4.39 Å². The highest BCUT2D eigenvalue weighted by molar-refractivity contribution is 5.81. The number of hydrogen-bond acceptors (Lipinski definition) is 3. The molecule has 0 aliphatic heterocycles. The van der Waals surface area contributed by atoms with Crippen LogP contribution in [0.5, 0.6) is 0 Å². The van der Waals surface area contributed by atoms with Gasteiger partial charge in [0, 0.05) is 35.9 Å². The number of pyridine rings is 1. The van der Waals surface area contributed by atoms with E-state index in [-0.39, 0.29) is 5.82 Å². The highest BCUT2D eigenvalue weighted by Crippen LogP contribution is 2.32. The Labute approximate surface area is 125 Å². The molecule has 0 amide bonds. The molecule has 0 saturated heterocycles. The SMILES string of the molecule is Fc1ccc(-c2nc3cnccn3c2-c2ccncc2)cc1. The zero-order valence-electron chi connectivity index (χ0n) is 11.5. The predicted molar refractivity (Wildman–Crippen MR) is 81.6 cm³/mol. The summed E-state index contributed by atoms with van der Waals surface area (Å²) in [6.07, 6.45) is 8.77. The molecule has 0 aliphatic rings. The zero-order chi connectivity index (χ0) is 14.9. The summed E-state index contributed by atoms with van der Waals surface area (Å²) in [5.41, 5.74) is 4.32. The second-order valence-corrected chi connectivity index (χ2v) is 4.86. The van der Waals surface area contributed by atoms with Crippen molar-refractivity contribution in [2.45, 2.75) is 0 Å². The minimum absolute atomic E-state index is 0.264. The molecule has 0 N–H and O–H groups in total. The maximum Gasteiger partial charge on any atom is 0.156 e. The Hall–Kier alpha value is -3.08. The summed E-state index contributed by atoms with van der Waals surface area (Å²) in [6.45, 7) is 0. The highest BCUT2D eigenvalue weighted by atomic mass is 19.1. The summed E-state index contributed by atoms with van der Waals surface area (Å²) >= 11 is 0. The lowest BCUT2D eigenvalue weighted by atomic mass is 10.1. The number of fused-ring (bicyclic) bond motifs is 1. The van der Waals surface area contributed by atoms with Gasteiger partial charge in [-0.1, -0.05) is 0 Å². The monoisotopic (exact) mass is 290 g/mol. The van der Waals surface area contributed by atoms with Crippen molar-refractivity contribution in [1.29, 1.82) is 0 Å². The lowest BCUT2D eigenvalue weighted by Crippen LogP contribution is -1.90. The van der Waals surface area contributed by atoms with E-state index in [2.05, 4.69) is 15.0 Å². The summed E-state index contributed by atoms with van der Waals surface area (Å²) in [7, 11) is 0. The predicted octanol–water partition coefficient (Wildman–Crippen LogP) is 3.60. The van der Waals surface area contributed by atoms with Crippen molar-refractivity contribution in [1.82, 2.24) is 19.4 Å². The summed E-state index contributed by atoms with van der Waals surface area (Å²) in [5.74, 6) is -0.264. The lowest BCUT2D eigenvalue weighted by molar-refractivity contribution is 0.628. The molecule has 0 aliphatic carbocycles. The van der Waals surface area contributed by atoms with Crippen LogP contribution in [0.3, 0.4) is 0 Å². The van der Waals surface area contributed by atoms with E-state index in [9.17, 15) is 4.39 Å². The Balaban J connectivity index is 2.04. The Morgan fingerprint density at radius 3 is 2.36 bits per heavy atom. The minimum atomic E-state index is -0.264. The van der Waals surface area contributed by atoms with Crippen molar-refractivity contribution in [2.75, 3.05) is 0 Å².